The van der Waals surface area contributed by atoms with Crippen LogP contribution < -0.4 is 0 Å². The molecule has 6 heteroatoms. The lowest BCUT2D eigenvalue weighted by atomic mass is 10.1. The monoisotopic (exact) mass is 284 g/mol. The van der Waals surface area contributed by atoms with Gasteiger partial charge >= 0.3 is 5.69 Å². The third kappa shape index (κ3) is 3.92. The molecular formula is C13H17ClN2O3. The van der Waals surface area contributed by atoms with Crippen LogP contribution in [0.5, 0.6) is 0 Å². The minimum absolute atomic E-state index is 0.0159. The third-order valence-electron chi connectivity index (χ3n) is 2.84. The largest absolute Gasteiger partial charge is 0.341 e. The van der Waals surface area contributed by atoms with Crippen molar-refractivity contribution in [2.75, 3.05) is 13.6 Å². The fourth-order valence-electron chi connectivity index (χ4n) is 1.78. The van der Waals surface area contributed by atoms with Crippen LogP contribution in [0.25, 0.3) is 0 Å². The number of nitro benzene ring substituents is 1. The van der Waals surface area contributed by atoms with Gasteiger partial charge in [0.05, 0.1) is 4.92 Å². The zero-order valence-electron chi connectivity index (χ0n) is 11.1. The van der Waals surface area contributed by atoms with Crippen LogP contribution in [0.15, 0.2) is 18.2 Å². The number of benzene rings is 1. The van der Waals surface area contributed by atoms with E-state index in [0.717, 1.165) is 19.3 Å². The second-order valence-electron chi connectivity index (χ2n) is 4.33. The van der Waals surface area contributed by atoms with Gasteiger partial charge in [-0.15, -0.1) is 0 Å². The molecule has 1 aromatic rings. The summed E-state index contributed by atoms with van der Waals surface area (Å²) >= 11 is 5.79. The van der Waals surface area contributed by atoms with Gasteiger partial charge in [0, 0.05) is 13.6 Å². The molecule has 0 aliphatic carbocycles. The zero-order chi connectivity index (χ0) is 14.4. The van der Waals surface area contributed by atoms with Crippen LogP contribution in [0.1, 0.15) is 36.5 Å². The van der Waals surface area contributed by atoms with Gasteiger partial charge in [0.25, 0.3) is 5.91 Å². The van der Waals surface area contributed by atoms with Crippen molar-refractivity contribution in [3.63, 3.8) is 0 Å². The molecule has 1 amide bonds. The molecule has 19 heavy (non-hydrogen) atoms. The first-order chi connectivity index (χ1) is 8.99. The first-order valence-corrected chi connectivity index (χ1v) is 6.55. The number of nitrogens with zero attached hydrogens (tertiary/aromatic N) is 2. The number of hydrogen-bond acceptors (Lipinski definition) is 3. The lowest BCUT2D eigenvalue weighted by molar-refractivity contribution is -0.385. The Bertz CT molecular complexity index is 477. The number of unbranched alkanes of at least 4 members (excludes halogenated alkanes) is 2. The molecule has 1 aromatic carbocycles. The molecule has 5 nitrogen and oxygen atoms in total. The SMILES string of the molecule is CCCCCN(C)C(=O)c1cccc(Cl)c1[N+](=O)[O-]. The molecule has 0 radical (unpaired) electrons. The summed E-state index contributed by atoms with van der Waals surface area (Å²) in [7, 11) is 1.64. The molecular weight excluding hydrogens is 268 g/mol. The van der Waals surface area contributed by atoms with E-state index in [9.17, 15) is 14.9 Å². The number of nitro groups is 1. The number of amides is 1. The Balaban J connectivity index is 2.93. The second-order valence-corrected chi connectivity index (χ2v) is 4.73. The minimum Gasteiger partial charge on any atom is -0.341 e. The Morgan fingerprint density at radius 3 is 2.68 bits per heavy atom. The van der Waals surface area contributed by atoms with Crippen LogP contribution >= 0.6 is 11.6 Å². The van der Waals surface area contributed by atoms with Gasteiger partial charge in [-0.3, -0.25) is 14.9 Å². The van der Waals surface area contributed by atoms with Crippen molar-refractivity contribution in [3.8, 4) is 0 Å². The normalized spacial score (nSPS) is 10.3. The first kappa shape index (κ1) is 15.4. The Kier molecular flexibility index (Phi) is 5.76. The van der Waals surface area contributed by atoms with Crippen LogP contribution in [0, 0.1) is 10.1 Å². The smallest absolute Gasteiger partial charge is 0.300 e. The van der Waals surface area contributed by atoms with E-state index >= 15 is 0 Å². The second kappa shape index (κ2) is 7.09. The lowest BCUT2D eigenvalue weighted by Crippen LogP contribution is -2.28. The van der Waals surface area contributed by atoms with Crippen molar-refractivity contribution in [1.82, 2.24) is 4.90 Å². The van der Waals surface area contributed by atoms with Crippen molar-refractivity contribution < 1.29 is 9.72 Å². The maximum absolute atomic E-state index is 12.2. The van der Waals surface area contributed by atoms with Crippen molar-refractivity contribution in [2.45, 2.75) is 26.2 Å². The molecule has 0 atom stereocenters. The standard InChI is InChI=1S/C13H17ClN2O3/c1-3-4-5-9-15(2)13(17)10-7-6-8-11(14)12(10)16(18)19/h6-8H,3-5,9H2,1-2H3. The first-order valence-electron chi connectivity index (χ1n) is 6.17. The summed E-state index contributed by atoms with van der Waals surface area (Å²) in [6.07, 6.45) is 2.96. The van der Waals surface area contributed by atoms with Crippen LogP contribution in [0.4, 0.5) is 5.69 Å². The van der Waals surface area contributed by atoms with Crippen LogP contribution in [-0.2, 0) is 0 Å². The van der Waals surface area contributed by atoms with E-state index < -0.39 is 4.92 Å². The zero-order valence-corrected chi connectivity index (χ0v) is 11.8. The molecule has 0 heterocycles. The van der Waals surface area contributed by atoms with Crippen LogP contribution in [-0.4, -0.2) is 29.3 Å². The highest BCUT2D eigenvalue weighted by Crippen LogP contribution is 2.28. The van der Waals surface area contributed by atoms with Crippen molar-refractivity contribution in [2.24, 2.45) is 0 Å². The van der Waals surface area contributed by atoms with E-state index in [1.165, 1.54) is 17.0 Å². The Morgan fingerprint density at radius 1 is 1.42 bits per heavy atom. The van der Waals surface area contributed by atoms with Gasteiger partial charge in [-0.2, -0.15) is 0 Å². The predicted molar refractivity (Wildman–Crippen MR) is 74.6 cm³/mol. The van der Waals surface area contributed by atoms with E-state index in [4.69, 9.17) is 11.6 Å². The number of para-hydroxylation sites is 1. The highest BCUT2D eigenvalue weighted by Gasteiger charge is 2.25. The summed E-state index contributed by atoms with van der Waals surface area (Å²) in [4.78, 5) is 24.0. The average molecular weight is 285 g/mol. The van der Waals surface area contributed by atoms with Gasteiger partial charge < -0.3 is 4.90 Å². The maximum atomic E-state index is 12.2. The minimum atomic E-state index is -0.616. The van der Waals surface area contributed by atoms with Crippen molar-refractivity contribution in [1.29, 1.82) is 0 Å². The number of halogens is 1. The molecule has 0 aliphatic heterocycles. The lowest BCUT2D eigenvalue weighted by Gasteiger charge is -2.17. The Morgan fingerprint density at radius 2 is 2.11 bits per heavy atom. The summed E-state index contributed by atoms with van der Waals surface area (Å²) in [5.41, 5.74) is -0.284. The molecule has 0 aromatic heterocycles. The molecule has 0 N–H and O–H groups in total. The molecule has 0 unspecified atom stereocenters. The van der Waals surface area contributed by atoms with Crippen molar-refractivity contribution in [3.05, 3.63) is 38.9 Å². The molecule has 0 saturated carbocycles. The summed E-state index contributed by atoms with van der Waals surface area (Å²) < 4.78 is 0. The number of carbonyl (C=O) groups excluding carboxylic acids is 1. The topological polar surface area (TPSA) is 63.5 Å². The van der Waals surface area contributed by atoms with Gasteiger partial charge in [-0.25, -0.2) is 0 Å². The Labute approximate surface area is 117 Å². The number of hydrogen-bond donors (Lipinski definition) is 0. The van der Waals surface area contributed by atoms with Gasteiger partial charge in [0.15, 0.2) is 0 Å². The summed E-state index contributed by atoms with van der Waals surface area (Å²) in [6.45, 7) is 2.65. The van der Waals surface area contributed by atoms with Crippen LogP contribution in [0.3, 0.4) is 0 Å². The van der Waals surface area contributed by atoms with Crippen molar-refractivity contribution >= 4 is 23.2 Å². The van der Waals surface area contributed by atoms with E-state index in [1.54, 1.807) is 13.1 Å². The third-order valence-corrected chi connectivity index (χ3v) is 3.15. The van der Waals surface area contributed by atoms with Gasteiger partial charge in [-0.1, -0.05) is 37.4 Å². The summed E-state index contributed by atoms with van der Waals surface area (Å²) in [5, 5.41) is 11.0. The van der Waals surface area contributed by atoms with Gasteiger partial charge in [-0.05, 0) is 18.6 Å². The highest BCUT2D eigenvalue weighted by atomic mass is 35.5. The molecule has 1 rings (SSSR count). The molecule has 0 spiro atoms. The highest BCUT2D eigenvalue weighted by molar-refractivity contribution is 6.33. The molecule has 104 valence electrons. The number of carbonyl (C=O) groups is 1. The van der Waals surface area contributed by atoms with E-state index in [0.29, 0.717) is 6.54 Å². The van der Waals surface area contributed by atoms with Gasteiger partial charge in [0.1, 0.15) is 10.6 Å². The van der Waals surface area contributed by atoms with E-state index in [2.05, 4.69) is 6.92 Å². The quantitative estimate of drug-likeness (QED) is 0.456. The predicted octanol–water partition coefficient (Wildman–Crippen LogP) is 3.51. The summed E-state index contributed by atoms with van der Waals surface area (Å²) in [5.74, 6) is -0.370. The van der Waals surface area contributed by atoms with Gasteiger partial charge in [0.2, 0.25) is 0 Å². The molecule has 0 aliphatic rings. The maximum Gasteiger partial charge on any atom is 0.300 e. The molecule has 0 bridgehead atoms. The fraction of sp³-hybridized carbons (Fsp3) is 0.462. The van der Waals surface area contributed by atoms with E-state index in [1.807, 2.05) is 0 Å². The number of rotatable bonds is 6. The average Bonchev–Trinajstić information content (AvgIpc) is 2.37. The summed E-state index contributed by atoms with van der Waals surface area (Å²) in [6, 6.07) is 4.39. The van der Waals surface area contributed by atoms with Crippen LogP contribution in [0.2, 0.25) is 5.02 Å². The molecule has 0 saturated heterocycles. The Hall–Kier alpha value is -1.62. The fourth-order valence-corrected chi connectivity index (χ4v) is 2.02. The molecule has 0 fully saturated rings. The van der Waals surface area contributed by atoms with E-state index in [-0.39, 0.29) is 22.2 Å².